The first-order chi connectivity index (χ1) is 13.0. The predicted octanol–water partition coefficient (Wildman–Crippen LogP) is 4.83. The van der Waals surface area contributed by atoms with Gasteiger partial charge in [0.15, 0.2) is 0 Å². The molecule has 1 amide bonds. The molecule has 0 bridgehead atoms. The van der Waals surface area contributed by atoms with Crippen LogP contribution in [0.2, 0.25) is 0 Å². The van der Waals surface area contributed by atoms with Crippen LogP contribution in [0.5, 0.6) is 0 Å². The van der Waals surface area contributed by atoms with E-state index in [2.05, 4.69) is 23.1 Å². The van der Waals surface area contributed by atoms with Gasteiger partial charge in [0, 0.05) is 18.0 Å². The van der Waals surface area contributed by atoms with E-state index in [0.717, 1.165) is 21.7 Å². The molecule has 3 heterocycles. The largest absolute Gasteiger partial charge is 0.338 e. The predicted molar refractivity (Wildman–Crippen MR) is 106 cm³/mol. The fraction of sp³-hybridized carbons (Fsp3) is 0.476. The van der Waals surface area contributed by atoms with Crippen molar-refractivity contribution >= 4 is 28.3 Å². The Morgan fingerprint density at radius 1 is 1.22 bits per heavy atom. The third-order valence-corrected chi connectivity index (χ3v) is 6.84. The van der Waals surface area contributed by atoms with Crippen molar-refractivity contribution in [2.45, 2.75) is 45.6 Å². The standard InChI is InChI=1S/C21H23N3O2S/c1-11-4-9-17(27-11)16-10-15(18-12(2)23-26-20(18)22-16)21(25)24(3)19(13-5-6-13)14-7-8-14/h4,9-10,13-14,19H,5-8H2,1-3H3. The zero-order chi connectivity index (χ0) is 18.7. The maximum Gasteiger partial charge on any atom is 0.259 e. The lowest BCUT2D eigenvalue weighted by molar-refractivity contribution is 0.0692. The molecule has 2 aliphatic rings. The number of aryl methyl sites for hydroxylation is 2. The molecule has 0 aliphatic heterocycles. The van der Waals surface area contributed by atoms with Gasteiger partial charge in [-0.3, -0.25) is 4.79 Å². The van der Waals surface area contributed by atoms with Gasteiger partial charge in [-0.05, 0) is 69.6 Å². The van der Waals surface area contributed by atoms with Crippen molar-refractivity contribution in [2.75, 3.05) is 7.05 Å². The van der Waals surface area contributed by atoms with Crippen molar-refractivity contribution in [1.29, 1.82) is 0 Å². The van der Waals surface area contributed by atoms with Crippen LogP contribution in [0, 0.1) is 25.7 Å². The van der Waals surface area contributed by atoms with Crippen molar-refractivity contribution in [3.05, 3.63) is 34.3 Å². The summed E-state index contributed by atoms with van der Waals surface area (Å²) in [4.78, 5) is 22.4. The Bertz CT molecular complexity index is 1020. The van der Waals surface area contributed by atoms with Gasteiger partial charge in [0.05, 0.1) is 27.2 Å². The zero-order valence-electron chi connectivity index (χ0n) is 15.9. The summed E-state index contributed by atoms with van der Waals surface area (Å²) in [5.41, 5.74) is 2.61. The smallest absolute Gasteiger partial charge is 0.259 e. The molecule has 0 saturated heterocycles. The highest BCUT2D eigenvalue weighted by molar-refractivity contribution is 7.15. The average molecular weight is 382 g/mol. The van der Waals surface area contributed by atoms with E-state index in [9.17, 15) is 4.79 Å². The summed E-state index contributed by atoms with van der Waals surface area (Å²) in [7, 11) is 1.97. The van der Waals surface area contributed by atoms with E-state index >= 15 is 0 Å². The second-order valence-corrected chi connectivity index (χ2v) is 9.28. The molecule has 3 aromatic rings. The Kier molecular flexibility index (Phi) is 3.86. The van der Waals surface area contributed by atoms with Gasteiger partial charge in [-0.1, -0.05) is 5.16 Å². The van der Waals surface area contributed by atoms with Gasteiger partial charge < -0.3 is 9.42 Å². The summed E-state index contributed by atoms with van der Waals surface area (Å²) in [6.07, 6.45) is 4.99. The van der Waals surface area contributed by atoms with Crippen LogP contribution in [-0.2, 0) is 0 Å². The summed E-state index contributed by atoms with van der Waals surface area (Å²) in [6.45, 7) is 3.94. The van der Waals surface area contributed by atoms with Gasteiger partial charge in [0.1, 0.15) is 0 Å². The molecule has 0 radical (unpaired) electrons. The minimum absolute atomic E-state index is 0.0621. The SMILES string of the molecule is Cc1ccc(-c2cc(C(=O)N(C)C(C3CC3)C3CC3)c3c(C)noc3n2)s1. The van der Waals surface area contributed by atoms with Crippen LogP contribution in [0.4, 0.5) is 0 Å². The van der Waals surface area contributed by atoms with Crippen LogP contribution < -0.4 is 0 Å². The molecule has 140 valence electrons. The number of rotatable bonds is 5. The molecule has 0 N–H and O–H groups in total. The normalized spacial score (nSPS) is 17.0. The molecular weight excluding hydrogens is 358 g/mol. The molecule has 5 nitrogen and oxygen atoms in total. The number of carbonyl (C=O) groups excluding carboxylic acids is 1. The third kappa shape index (κ3) is 2.96. The number of hydrogen-bond donors (Lipinski definition) is 0. The fourth-order valence-electron chi connectivity index (χ4n) is 4.18. The number of pyridine rings is 1. The summed E-state index contributed by atoms with van der Waals surface area (Å²) < 4.78 is 5.44. The van der Waals surface area contributed by atoms with Crippen LogP contribution >= 0.6 is 11.3 Å². The van der Waals surface area contributed by atoms with Crippen LogP contribution in [0.15, 0.2) is 22.7 Å². The Labute approximate surface area is 162 Å². The first kappa shape index (κ1) is 16.9. The molecule has 0 unspecified atom stereocenters. The number of nitrogens with zero attached hydrogens (tertiary/aromatic N) is 3. The molecule has 3 aromatic heterocycles. The van der Waals surface area contributed by atoms with Gasteiger partial charge in [0.2, 0.25) is 0 Å². The van der Waals surface area contributed by atoms with Crippen LogP contribution in [-0.4, -0.2) is 34.0 Å². The molecule has 5 rings (SSSR count). The number of thiophene rings is 1. The van der Waals surface area contributed by atoms with Gasteiger partial charge >= 0.3 is 0 Å². The Balaban J connectivity index is 1.60. The molecular formula is C21H23N3O2S. The average Bonchev–Trinajstić information content (AvgIpc) is 3.59. The molecule has 0 atom stereocenters. The van der Waals surface area contributed by atoms with Gasteiger partial charge in [-0.15, -0.1) is 11.3 Å². The Hall–Kier alpha value is -2.21. The minimum atomic E-state index is 0.0621. The van der Waals surface area contributed by atoms with E-state index in [1.54, 1.807) is 11.3 Å². The van der Waals surface area contributed by atoms with Crippen molar-refractivity contribution in [3.63, 3.8) is 0 Å². The first-order valence-corrected chi connectivity index (χ1v) is 10.5. The lowest BCUT2D eigenvalue weighted by atomic mass is 10.0. The van der Waals surface area contributed by atoms with E-state index in [-0.39, 0.29) is 5.91 Å². The summed E-state index contributed by atoms with van der Waals surface area (Å²) >= 11 is 1.67. The number of aromatic nitrogens is 2. The van der Waals surface area contributed by atoms with Crippen LogP contribution in [0.1, 0.15) is 46.6 Å². The lowest BCUT2D eigenvalue weighted by Crippen LogP contribution is -2.40. The van der Waals surface area contributed by atoms with E-state index < -0.39 is 0 Å². The number of fused-ring (bicyclic) bond motifs is 1. The van der Waals surface area contributed by atoms with Crippen LogP contribution in [0.3, 0.4) is 0 Å². The number of amides is 1. The second-order valence-electron chi connectivity index (χ2n) is 8.00. The van der Waals surface area contributed by atoms with Gasteiger partial charge in [0.25, 0.3) is 11.6 Å². The van der Waals surface area contributed by atoms with E-state index in [4.69, 9.17) is 4.52 Å². The number of carbonyl (C=O) groups is 1. The molecule has 2 aliphatic carbocycles. The van der Waals surface area contributed by atoms with Crippen molar-refractivity contribution in [2.24, 2.45) is 11.8 Å². The molecule has 2 saturated carbocycles. The van der Waals surface area contributed by atoms with Gasteiger partial charge in [-0.25, -0.2) is 4.98 Å². The van der Waals surface area contributed by atoms with Crippen LogP contribution in [0.25, 0.3) is 21.7 Å². The molecule has 2 fully saturated rings. The van der Waals surface area contributed by atoms with E-state index in [1.807, 2.05) is 31.0 Å². The highest BCUT2D eigenvalue weighted by atomic mass is 32.1. The monoisotopic (exact) mass is 381 g/mol. The van der Waals surface area contributed by atoms with Crippen molar-refractivity contribution < 1.29 is 9.32 Å². The van der Waals surface area contributed by atoms with E-state index in [1.165, 1.54) is 30.6 Å². The topological polar surface area (TPSA) is 59.2 Å². The highest BCUT2D eigenvalue weighted by Gasteiger charge is 2.45. The Morgan fingerprint density at radius 2 is 1.93 bits per heavy atom. The molecule has 27 heavy (non-hydrogen) atoms. The lowest BCUT2D eigenvalue weighted by Gasteiger charge is -2.28. The molecule has 6 heteroatoms. The highest BCUT2D eigenvalue weighted by Crippen LogP contribution is 2.47. The fourth-order valence-corrected chi connectivity index (χ4v) is 5.01. The summed E-state index contributed by atoms with van der Waals surface area (Å²) in [5, 5.41) is 4.82. The maximum absolute atomic E-state index is 13.5. The molecule has 0 spiro atoms. The minimum Gasteiger partial charge on any atom is -0.338 e. The van der Waals surface area contributed by atoms with E-state index in [0.29, 0.717) is 29.2 Å². The first-order valence-electron chi connectivity index (χ1n) is 9.64. The maximum atomic E-state index is 13.5. The quantitative estimate of drug-likeness (QED) is 0.635. The third-order valence-electron chi connectivity index (χ3n) is 5.82. The summed E-state index contributed by atoms with van der Waals surface area (Å²) in [6, 6.07) is 6.41. The second kappa shape index (κ2) is 6.16. The zero-order valence-corrected chi connectivity index (χ0v) is 16.7. The van der Waals surface area contributed by atoms with Crippen molar-refractivity contribution in [1.82, 2.24) is 15.0 Å². The number of hydrogen-bond acceptors (Lipinski definition) is 5. The Morgan fingerprint density at radius 3 is 2.52 bits per heavy atom. The molecule has 0 aromatic carbocycles. The van der Waals surface area contributed by atoms with Crippen molar-refractivity contribution in [3.8, 4) is 10.6 Å². The van der Waals surface area contributed by atoms with Gasteiger partial charge in [-0.2, -0.15) is 0 Å². The summed E-state index contributed by atoms with van der Waals surface area (Å²) in [5.74, 6) is 1.41.